The van der Waals surface area contributed by atoms with E-state index in [0.29, 0.717) is 21.6 Å². The molecule has 0 aliphatic rings. The number of hydrogen-bond acceptors (Lipinski definition) is 23. The quantitative estimate of drug-likeness (QED) is 0.00668. The molecule has 12 aromatic rings. The number of nitrogen functional groups attached to an aromatic ring is 2. The van der Waals surface area contributed by atoms with Crippen LogP contribution in [-0.2, 0) is 67.3 Å². The fourth-order valence-corrected chi connectivity index (χ4v) is 14.1. The van der Waals surface area contributed by atoms with Crippen molar-refractivity contribution >= 4 is 174 Å². The molecule has 3 amide bonds. The zero-order valence-electron chi connectivity index (χ0n) is 56.2. The van der Waals surface area contributed by atoms with Crippen molar-refractivity contribution in [2.75, 3.05) is 11.5 Å². The average molecular weight is 1820 g/mol. The van der Waals surface area contributed by atoms with Crippen molar-refractivity contribution in [1.29, 1.82) is 0 Å². The fourth-order valence-electron chi connectivity index (χ4n) is 11.1. The number of benzene rings is 9. The molecule has 0 spiro atoms. The Bertz CT molecular complexity index is 4960. The predicted molar refractivity (Wildman–Crippen MR) is 418 cm³/mol. The minimum Gasteiger partial charge on any atom is -0.506 e. The summed E-state index contributed by atoms with van der Waals surface area (Å²) in [7, 11) is 0. The summed E-state index contributed by atoms with van der Waals surface area (Å²) >= 11 is 10.3. The Kier molecular flexibility index (Phi) is 25.3. The highest BCUT2D eigenvalue weighted by atomic mass is 127. The van der Waals surface area contributed by atoms with Crippen molar-refractivity contribution < 1.29 is 101 Å². The lowest BCUT2D eigenvalue weighted by Crippen LogP contribution is -2.12. The number of ether oxygens (including phenoxy) is 3. The Hall–Kier alpha value is -11.8. The molecule has 16 N–H and O–H groups in total. The van der Waals surface area contributed by atoms with Crippen LogP contribution in [0, 0.1) is 7.14 Å². The van der Waals surface area contributed by atoms with Crippen molar-refractivity contribution in [3.05, 3.63) is 247 Å². The molecule has 0 bridgehead atoms. The topological polar surface area (TPSA) is 472 Å². The minimum atomic E-state index is -0.609. The molecule has 0 radical (unpaired) electrons. The second-order valence-electron chi connectivity index (χ2n) is 24.0. The zero-order chi connectivity index (χ0) is 77.9. The molecular weight excluding hydrogens is 1760 g/mol. The van der Waals surface area contributed by atoms with Crippen LogP contribution >= 0.6 is 77.0 Å². The highest BCUT2D eigenvalue weighted by molar-refractivity contribution is 14.1. The SMILES string of the molecule is NC(=O)CCc1oc2cc(OC(=O)Cc3ccccc3)c(O)cc2c1C(=O)c1cc(Br)c(O)c(Br)c1.NC(=O)CCc1oc2cc(OC(=O)Cc3ccccc3)c(O)cc2c1C(=O)c1cc(I)c(O)c(I)c1.NC(=O)CCc1oc2cc(OC(=O)Cc3ccccc3)c(O)cc2c1C(=O)c1cc(N)c(O)c(N)c1. The summed E-state index contributed by atoms with van der Waals surface area (Å²) in [4.78, 5) is 112. The maximum Gasteiger partial charge on any atom is 0.315 e. The largest absolute Gasteiger partial charge is 0.506 e. The third-order valence-corrected chi connectivity index (χ3v) is 19.1. The molecule has 3 heterocycles. The van der Waals surface area contributed by atoms with Gasteiger partial charge >= 0.3 is 17.9 Å². The number of aryl methyl sites for hydroxylation is 3. The number of amides is 3. The van der Waals surface area contributed by atoms with Crippen LogP contribution in [0.15, 0.2) is 186 Å². The zero-order valence-corrected chi connectivity index (χ0v) is 63.6. The Balaban J connectivity index is 0.000000173. The van der Waals surface area contributed by atoms with Crippen LogP contribution < -0.4 is 42.9 Å². The van der Waals surface area contributed by atoms with Crippen LogP contribution in [0.2, 0.25) is 0 Å². The molecule has 108 heavy (non-hydrogen) atoms. The molecule has 0 aliphatic carbocycles. The van der Waals surface area contributed by atoms with E-state index in [1.54, 1.807) is 72.8 Å². The van der Waals surface area contributed by atoms with Gasteiger partial charge in [-0.15, -0.1) is 0 Å². The smallest absolute Gasteiger partial charge is 0.315 e. The van der Waals surface area contributed by atoms with Crippen LogP contribution in [0.5, 0.6) is 51.7 Å². The van der Waals surface area contributed by atoms with Gasteiger partial charge in [0.15, 0.2) is 57.6 Å². The van der Waals surface area contributed by atoms with Gasteiger partial charge in [0.05, 0.1) is 63.4 Å². The van der Waals surface area contributed by atoms with Crippen LogP contribution in [0.4, 0.5) is 11.4 Å². The summed E-state index contributed by atoms with van der Waals surface area (Å²) in [5.74, 6) is -6.36. The highest BCUT2D eigenvalue weighted by Crippen LogP contribution is 2.43. The molecule has 552 valence electrons. The molecule has 0 fully saturated rings. The van der Waals surface area contributed by atoms with E-state index in [0.717, 1.165) is 16.7 Å². The van der Waals surface area contributed by atoms with E-state index in [-0.39, 0.29) is 193 Å². The number of primary amides is 3. The van der Waals surface area contributed by atoms with Gasteiger partial charge in [0.25, 0.3) is 0 Å². The summed E-state index contributed by atoms with van der Waals surface area (Å²) in [6.07, 6.45) is -0.173. The first-order valence-corrected chi connectivity index (χ1v) is 36.0. The molecule has 0 saturated heterocycles. The standard InChI is InChI=1S/C26H19Br2NO7.C26H19I2NO7.C26H23N3O7/c3*27-16-9-14(10-17(28)26(16)34)25(33)24-15-11-18(30)21(12-20(15)35-19(24)6-7-22(29)31)36-23(32)8-13-4-2-1-3-5-13/h2*1-5,9-12,30,34H,6-8H2,(H2,29,31);1-5,9-12,30,34H,6-8,27-28H2,(H2,29,31). The van der Waals surface area contributed by atoms with Gasteiger partial charge in [-0.1, -0.05) is 91.0 Å². The molecular formula is C78H61Br2I2N5O21. The van der Waals surface area contributed by atoms with Gasteiger partial charge in [-0.3, -0.25) is 43.2 Å². The van der Waals surface area contributed by atoms with Crippen LogP contribution in [0.3, 0.4) is 0 Å². The number of furan rings is 3. The molecule has 26 nitrogen and oxygen atoms in total. The number of carbonyl (C=O) groups is 9. The molecule has 0 atom stereocenters. The Morgan fingerprint density at radius 1 is 0.370 bits per heavy atom. The maximum absolute atomic E-state index is 13.5. The number of phenols is 6. The second-order valence-corrected chi connectivity index (χ2v) is 28.1. The van der Waals surface area contributed by atoms with Gasteiger partial charge in [0.1, 0.15) is 45.5 Å². The third kappa shape index (κ3) is 19.1. The van der Waals surface area contributed by atoms with Crippen molar-refractivity contribution in [3.8, 4) is 51.7 Å². The molecule has 9 aromatic carbocycles. The van der Waals surface area contributed by atoms with Crippen LogP contribution in [0.25, 0.3) is 32.9 Å². The van der Waals surface area contributed by atoms with Gasteiger partial charge in [-0.05, 0) is 148 Å². The lowest BCUT2D eigenvalue weighted by Gasteiger charge is -2.08. The lowest BCUT2D eigenvalue weighted by atomic mass is 9.97. The van der Waals surface area contributed by atoms with E-state index < -0.39 is 58.7 Å². The number of nitrogens with two attached hydrogens (primary N) is 5. The number of carbonyl (C=O) groups excluding carboxylic acids is 9. The predicted octanol–water partition coefficient (Wildman–Crippen LogP) is 12.8. The van der Waals surface area contributed by atoms with Crippen molar-refractivity contribution in [3.63, 3.8) is 0 Å². The lowest BCUT2D eigenvalue weighted by molar-refractivity contribution is -0.134. The highest BCUT2D eigenvalue weighted by Gasteiger charge is 2.30. The first kappa shape index (κ1) is 78.8. The number of rotatable bonds is 24. The summed E-state index contributed by atoms with van der Waals surface area (Å²) in [5.41, 5.74) is 30.8. The van der Waals surface area contributed by atoms with Gasteiger partial charge in [0, 0.05) is 89.6 Å². The van der Waals surface area contributed by atoms with Gasteiger partial charge in [-0.25, -0.2) is 0 Å². The summed E-state index contributed by atoms with van der Waals surface area (Å²) in [6.45, 7) is 0. The summed E-state index contributed by atoms with van der Waals surface area (Å²) in [6, 6.07) is 43.1. The molecule has 12 rings (SSSR count). The molecule has 0 aliphatic heterocycles. The van der Waals surface area contributed by atoms with Crippen molar-refractivity contribution in [2.24, 2.45) is 17.2 Å². The maximum atomic E-state index is 13.5. The van der Waals surface area contributed by atoms with Crippen molar-refractivity contribution in [1.82, 2.24) is 0 Å². The van der Waals surface area contributed by atoms with E-state index in [2.05, 4.69) is 31.9 Å². The molecule has 30 heteroatoms. The second kappa shape index (κ2) is 34.7. The summed E-state index contributed by atoms with van der Waals surface area (Å²) < 4.78 is 35.2. The van der Waals surface area contributed by atoms with E-state index in [1.165, 1.54) is 72.8 Å². The number of phenolic OH excluding ortho intramolecular Hbond substituents is 6. The monoisotopic (exact) mass is 1820 g/mol. The van der Waals surface area contributed by atoms with Crippen LogP contribution in [0.1, 0.15) is 101 Å². The average Bonchev–Trinajstić information content (AvgIpc) is 1.62. The Labute approximate surface area is 655 Å². The minimum absolute atomic E-state index is 0.00196. The van der Waals surface area contributed by atoms with E-state index in [1.807, 2.05) is 63.4 Å². The number of esters is 3. The normalized spacial score (nSPS) is 10.9. The number of anilines is 2. The Morgan fingerprint density at radius 3 is 0.935 bits per heavy atom. The molecule has 0 saturated carbocycles. The van der Waals surface area contributed by atoms with Gasteiger partial charge < -0.3 is 86.8 Å². The number of halogens is 4. The first-order chi connectivity index (χ1) is 51.4. The number of hydrogen-bond donors (Lipinski definition) is 11. The number of aromatic hydroxyl groups is 6. The number of fused-ring (bicyclic) bond motifs is 3. The van der Waals surface area contributed by atoms with E-state index >= 15 is 0 Å². The van der Waals surface area contributed by atoms with Gasteiger partial charge in [0.2, 0.25) is 17.7 Å². The fraction of sp³-hybridized carbons (Fsp3) is 0.115. The third-order valence-electron chi connectivity index (χ3n) is 16.2. The van der Waals surface area contributed by atoms with Gasteiger partial charge in [-0.2, -0.15) is 0 Å². The van der Waals surface area contributed by atoms with E-state index in [4.69, 9.17) is 56.1 Å². The van der Waals surface area contributed by atoms with Crippen LogP contribution in [-0.4, -0.2) is 83.6 Å². The number of ketones is 3. The Morgan fingerprint density at radius 2 is 0.648 bits per heavy atom. The van der Waals surface area contributed by atoms with Crippen molar-refractivity contribution in [2.45, 2.75) is 57.8 Å². The molecule has 3 aromatic heterocycles. The summed E-state index contributed by atoms with van der Waals surface area (Å²) in [5, 5.41) is 62.5. The first-order valence-electron chi connectivity index (χ1n) is 32.2. The van der Waals surface area contributed by atoms with E-state index in [9.17, 15) is 73.8 Å². The molecule has 0 unspecified atom stereocenters.